The molecule has 0 radical (unpaired) electrons. The van der Waals surface area contributed by atoms with Crippen molar-refractivity contribution in [3.8, 4) is 0 Å². The van der Waals surface area contributed by atoms with Crippen molar-refractivity contribution in [2.45, 2.75) is 20.8 Å². The minimum atomic E-state index is -0.0139. The van der Waals surface area contributed by atoms with E-state index in [0.717, 1.165) is 23.6 Å². The van der Waals surface area contributed by atoms with Crippen LogP contribution in [-0.2, 0) is 7.05 Å². The van der Waals surface area contributed by atoms with Gasteiger partial charge in [-0.25, -0.2) is 4.68 Å². The molecule has 4 heteroatoms. The fourth-order valence-corrected chi connectivity index (χ4v) is 2.00. The second-order valence-electron chi connectivity index (χ2n) is 4.41. The van der Waals surface area contributed by atoms with Crippen LogP contribution in [-0.4, -0.2) is 23.0 Å². The maximum absolute atomic E-state index is 12.6. The highest BCUT2D eigenvalue weighted by molar-refractivity contribution is 5.61. The van der Waals surface area contributed by atoms with Gasteiger partial charge in [0.15, 0.2) is 0 Å². The number of hydrogen-bond donors (Lipinski definition) is 0. The average molecular weight is 261 g/mol. The molecule has 0 unspecified atom stereocenters. The van der Waals surface area contributed by atoms with Gasteiger partial charge in [-0.1, -0.05) is 18.7 Å². The zero-order valence-corrected chi connectivity index (χ0v) is 12.5. The first-order valence-electron chi connectivity index (χ1n) is 6.45. The topological polar surface area (TPSA) is 30.2 Å². The summed E-state index contributed by atoms with van der Waals surface area (Å²) in [6.45, 7) is 10.5. The third-order valence-corrected chi connectivity index (χ3v) is 3.29. The van der Waals surface area contributed by atoms with E-state index in [-0.39, 0.29) is 5.56 Å². The van der Waals surface area contributed by atoms with Gasteiger partial charge >= 0.3 is 0 Å². The summed E-state index contributed by atoms with van der Waals surface area (Å²) < 4.78 is 3.50. The van der Waals surface area contributed by atoms with Gasteiger partial charge in [0.2, 0.25) is 0 Å². The molecule has 0 saturated carbocycles. The Balaban J connectivity index is 3.54. The van der Waals surface area contributed by atoms with E-state index in [4.69, 9.17) is 0 Å². The maximum Gasteiger partial charge on any atom is 0.295 e. The lowest BCUT2D eigenvalue weighted by atomic mass is 10.3. The monoisotopic (exact) mass is 261 g/mol. The molecule has 0 spiro atoms. The second-order valence-corrected chi connectivity index (χ2v) is 4.41. The predicted molar refractivity (Wildman–Crippen MR) is 82.6 cm³/mol. The van der Waals surface area contributed by atoms with Crippen molar-refractivity contribution >= 4 is 11.4 Å². The minimum absolute atomic E-state index is 0.0139. The molecule has 0 aliphatic heterocycles. The van der Waals surface area contributed by atoms with E-state index in [2.05, 4.69) is 6.58 Å². The number of hydrogen-bond acceptors (Lipinski definition) is 2. The number of allylic oxidation sites excluding steroid dienone is 5. The molecule has 4 nitrogen and oxygen atoms in total. The zero-order chi connectivity index (χ0) is 14.6. The van der Waals surface area contributed by atoms with Gasteiger partial charge in [-0.15, -0.1) is 0 Å². The van der Waals surface area contributed by atoms with Crippen molar-refractivity contribution < 1.29 is 0 Å². The highest BCUT2D eigenvalue weighted by atomic mass is 16.1. The van der Waals surface area contributed by atoms with Gasteiger partial charge < -0.3 is 4.90 Å². The molecule has 1 rings (SSSR count). The van der Waals surface area contributed by atoms with Crippen LogP contribution in [0.1, 0.15) is 19.5 Å². The number of aromatic nitrogens is 2. The normalized spacial score (nSPS) is 12.2. The molecule has 0 saturated heterocycles. The van der Waals surface area contributed by atoms with Gasteiger partial charge in [-0.3, -0.25) is 9.48 Å². The molecule has 19 heavy (non-hydrogen) atoms. The van der Waals surface area contributed by atoms with Crippen molar-refractivity contribution in [3.63, 3.8) is 0 Å². The third kappa shape index (κ3) is 2.72. The Hall–Kier alpha value is -1.97. The average Bonchev–Trinajstić information content (AvgIpc) is 2.62. The third-order valence-electron chi connectivity index (χ3n) is 3.29. The first kappa shape index (κ1) is 15.1. The van der Waals surface area contributed by atoms with Gasteiger partial charge in [0.25, 0.3) is 5.56 Å². The summed E-state index contributed by atoms with van der Waals surface area (Å²) in [6.07, 6.45) is 7.39. The fourth-order valence-electron chi connectivity index (χ4n) is 2.00. The Labute approximate surface area is 114 Å². The molecule has 0 aliphatic carbocycles. The lowest BCUT2D eigenvalue weighted by Crippen LogP contribution is -2.26. The standard InChI is InChI=1S/C15H23N3O/c1-7-10-11-13(8-2)18-15(19)14(16(5)9-3)12(4)17(18)6/h7-8,10-11H,2,9H2,1,3-6H3/b10-7-,13-11+. The number of anilines is 1. The van der Waals surface area contributed by atoms with E-state index in [9.17, 15) is 4.79 Å². The smallest absolute Gasteiger partial charge is 0.295 e. The van der Waals surface area contributed by atoms with Crippen molar-refractivity contribution in [2.75, 3.05) is 18.5 Å². The molecule has 104 valence electrons. The van der Waals surface area contributed by atoms with E-state index in [0.29, 0.717) is 0 Å². The summed E-state index contributed by atoms with van der Waals surface area (Å²) in [5, 5.41) is 0. The second kappa shape index (κ2) is 6.27. The minimum Gasteiger partial charge on any atom is -0.369 e. The molecule has 0 amide bonds. The van der Waals surface area contributed by atoms with Crippen molar-refractivity contribution in [3.05, 3.63) is 46.9 Å². The Morgan fingerprint density at radius 3 is 2.58 bits per heavy atom. The summed E-state index contributed by atoms with van der Waals surface area (Å²) in [6, 6.07) is 0. The van der Waals surface area contributed by atoms with Crippen LogP contribution in [0.3, 0.4) is 0 Å². The molecule has 0 aliphatic rings. The van der Waals surface area contributed by atoms with Crippen molar-refractivity contribution in [1.82, 2.24) is 9.36 Å². The predicted octanol–water partition coefficient (Wildman–Crippen LogP) is 2.55. The first-order valence-corrected chi connectivity index (χ1v) is 6.45. The van der Waals surface area contributed by atoms with Gasteiger partial charge in [0.1, 0.15) is 5.69 Å². The SMILES string of the molecule is C=C/C(=C\C=C/C)n1c(=O)c(N(C)CC)c(C)n1C. The molecule has 1 aromatic rings. The van der Waals surface area contributed by atoms with Gasteiger partial charge in [-0.2, -0.15) is 0 Å². The van der Waals surface area contributed by atoms with Gasteiger partial charge in [0, 0.05) is 20.6 Å². The van der Waals surface area contributed by atoms with E-state index in [1.807, 2.05) is 62.7 Å². The first-order chi connectivity index (χ1) is 8.99. The Bertz CT molecular complexity index is 573. The van der Waals surface area contributed by atoms with E-state index < -0.39 is 0 Å². The van der Waals surface area contributed by atoms with Crippen LogP contribution in [0.5, 0.6) is 0 Å². The molecule has 0 atom stereocenters. The van der Waals surface area contributed by atoms with Gasteiger partial charge in [-0.05, 0) is 32.9 Å². The summed E-state index contributed by atoms with van der Waals surface area (Å²) in [5.41, 5.74) is 2.44. The lowest BCUT2D eigenvalue weighted by molar-refractivity contribution is 0.644. The summed E-state index contributed by atoms with van der Waals surface area (Å²) in [7, 11) is 3.81. The maximum atomic E-state index is 12.6. The molecule has 1 heterocycles. The molecule has 0 fully saturated rings. The highest BCUT2D eigenvalue weighted by Gasteiger charge is 2.18. The molecule has 0 aromatic carbocycles. The Morgan fingerprint density at radius 2 is 2.11 bits per heavy atom. The van der Waals surface area contributed by atoms with Gasteiger partial charge in [0.05, 0.1) is 11.4 Å². The highest BCUT2D eigenvalue weighted by Crippen LogP contribution is 2.16. The van der Waals surface area contributed by atoms with E-state index in [1.54, 1.807) is 10.8 Å². The molecule has 1 aromatic heterocycles. The van der Waals surface area contributed by atoms with Crippen LogP contribution >= 0.6 is 0 Å². The Kier molecular flexibility index (Phi) is 4.98. The number of nitrogens with zero attached hydrogens (tertiary/aromatic N) is 3. The molecular weight excluding hydrogens is 238 g/mol. The number of rotatable bonds is 5. The largest absolute Gasteiger partial charge is 0.369 e. The molecular formula is C15H23N3O. The molecule has 0 N–H and O–H groups in total. The lowest BCUT2D eigenvalue weighted by Gasteiger charge is -2.14. The van der Waals surface area contributed by atoms with Crippen LogP contribution < -0.4 is 10.5 Å². The summed E-state index contributed by atoms with van der Waals surface area (Å²) in [5.74, 6) is 0. The fraction of sp³-hybridized carbons (Fsp3) is 0.400. The van der Waals surface area contributed by atoms with Crippen LogP contribution in [0.2, 0.25) is 0 Å². The summed E-state index contributed by atoms with van der Waals surface area (Å²) in [4.78, 5) is 14.5. The zero-order valence-electron chi connectivity index (χ0n) is 12.5. The van der Waals surface area contributed by atoms with Crippen LogP contribution in [0, 0.1) is 6.92 Å². The van der Waals surface area contributed by atoms with Crippen LogP contribution in [0.25, 0.3) is 5.70 Å². The van der Waals surface area contributed by atoms with Crippen LogP contribution in [0.15, 0.2) is 35.7 Å². The van der Waals surface area contributed by atoms with Crippen molar-refractivity contribution in [1.29, 1.82) is 0 Å². The quantitative estimate of drug-likeness (QED) is 0.763. The molecule has 0 bridgehead atoms. The van der Waals surface area contributed by atoms with E-state index >= 15 is 0 Å². The van der Waals surface area contributed by atoms with E-state index in [1.165, 1.54) is 0 Å². The Morgan fingerprint density at radius 1 is 1.47 bits per heavy atom. The van der Waals surface area contributed by atoms with Crippen molar-refractivity contribution in [2.24, 2.45) is 7.05 Å². The summed E-state index contributed by atoms with van der Waals surface area (Å²) >= 11 is 0. The van der Waals surface area contributed by atoms with Crippen LogP contribution in [0.4, 0.5) is 5.69 Å².